The van der Waals surface area contributed by atoms with Crippen molar-refractivity contribution in [1.82, 2.24) is 15.1 Å². The summed E-state index contributed by atoms with van der Waals surface area (Å²) in [5.74, 6) is -0.941. The van der Waals surface area contributed by atoms with Crippen molar-refractivity contribution in [2.45, 2.75) is 6.54 Å². The molecular weight excluding hydrogens is 603 g/mol. The van der Waals surface area contributed by atoms with Crippen LogP contribution in [0.1, 0.15) is 26.4 Å². The zero-order chi connectivity index (χ0) is 32.2. The van der Waals surface area contributed by atoms with Gasteiger partial charge in [0.25, 0.3) is 11.8 Å². The zero-order valence-electron chi connectivity index (χ0n) is 25.7. The van der Waals surface area contributed by atoms with Crippen LogP contribution in [0.5, 0.6) is 0 Å². The molecule has 3 amide bonds. The predicted molar refractivity (Wildman–Crippen MR) is 181 cm³/mol. The molecule has 0 unspecified atom stereocenters. The van der Waals surface area contributed by atoms with Crippen LogP contribution >= 0.6 is 11.3 Å². The molecule has 0 saturated carbocycles. The Labute approximate surface area is 271 Å². The second-order valence-electron chi connectivity index (χ2n) is 11.5. The van der Waals surface area contributed by atoms with Crippen molar-refractivity contribution in [3.63, 3.8) is 0 Å². The van der Waals surface area contributed by atoms with Gasteiger partial charge in [-0.05, 0) is 78.2 Å². The van der Waals surface area contributed by atoms with Crippen LogP contribution in [0.2, 0.25) is 0 Å². The van der Waals surface area contributed by atoms with Gasteiger partial charge in [-0.2, -0.15) is 0 Å². The van der Waals surface area contributed by atoms with Crippen molar-refractivity contribution in [3.05, 3.63) is 112 Å². The fourth-order valence-corrected chi connectivity index (χ4v) is 6.19. The number of likely N-dealkylation sites (N-methyl/N-ethyl adjacent to an activating group) is 2. The van der Waals surface area contributed by atoms with E-state index in [1.165, 1.54) is 23.5 Å². The van der Waals surface area contributed by atoms with Crippen molar-refractivity contribution in [1.29, 1.82) is 0 Å². The van der Waals surface area contributed by atoms with Crippen LogP contribution in [0, 0.1) is 5.82 Å². The monoisotopic (exact) mass is 638 g/mol. The molecule has 0 bridgehead atoms. The molecule has 2 aliphatic heterocycles. The topological polar surface area (TPSA) is 97.0 Å². The molecule has 11 heteroatoms. The van der Waals surface area contributed by atoms with Gasteiger partial charge in [-0.3, -0.25) is 19.3 Å². The molecule has 3 heterocycles. The first-order valence-electron chi connectivity index (χ1n) is 15.1. The average Bonchev–Trinajstić information content (AvgIpc) is 3.71. The SMILES string of the molecule is CN1CCN(CC(=O)N(C)c2ccc(N/C(=C3\C(=O)Nc4cc(F)ccc43)c3cccc(CNC(=O)c4cccs4)c3)cc2)CC1. The lowest BCUT2D eigenvalue weighted by molar-refractivity contribution is -0.119. The second-order valence-corrected chi connectivity index (χ2v) is 12.4. The van der Waals surface area contributed by atoms with Gasteiger partial charge >= 0.3 is 0 Å². The van der Waals surface area contributed by atoms with Crippen molar-refractivity contribution in [2.75, 3.05) is 62.4 Å². The third-order valence-electron chi connectivity index (χ3n) is 8.24. The largest absolute Gasteiger partial charge is 0.354 e. The lowest BCUT2D eigenvalue weighted by atomic mass is 9.98. The first-order chi connectivity index (χ1) is 22.2. The molecule has 1 fully saturated rings. The molecule has 6 rings (SSSR count). The molecule has 1 saturated heterocycles. The summed E-state index contributed by atoms with van der Waals surface area (Å²) in [5.41, 5.74) is 4.89. The Hall–Kier alpha value is -4.84. The summed E-state index contributed by atoms with van der Waals surface area (Å²) in [7, 11) is 3.86. The normalized spacial score (nSPS) is 16.0. The molecule has 0 atom stereocenters. The number of rotatable bonds is 9. The maximum absolute atomic E-state index is 14.0. The number of anilines is 3. The van der Waals surface area contributed by atoms with Gasteiger partial charge in [0, 0.05) is 56.7 Å². The van der Waals surface area contributed by atoms with E-state index in [1.807, 2.05) is 60.0 Å². The molecule has 4 aromatic rings. The fraction of sp³-hybridized carbons (Fsp3) is 0.229. The van der Waals surface area contributed by atoms with E-state index in [1.54, 1.807) is 24.1 Å². The molecule has 0 spiro atoms. The maximum atomic E-state index is 14.0. The standard InChI is InChI=1S/C35H35FN6O3S/c1-40-14-16-42(17-15-40)22-31(43)41(2)27-11-9-26(10-12-27)38-33(32-28-13-8-25(36)20-29(28)39-35(32)45)24-6-3-5-23(19-24)21-37-34(44)30-7-4-18-46-30/h3-13,18-20,38H,14-17,21-22H2,1-2H3,(H,37,44)(H,39,45)/b33-32-. The summed E-state index contributed by atoms with van der Waals surface area (Å²) in [6.07, 6.45) is 0. The molecule has 3 aromatic carbocycles. The van der Waals surface area contributed by atoms with Gasteiger partial charge in [0.05, 0.1) is 28.4 Å². The lowest BCUT2D eigenvalue weighted by Crippen LogP contribution is -2.48. The number of benzene rings is 3. The highest BCUT2D eigenvalue weighted by Crippen LogP contribution is 2.38. The van der Waals surface area contributed by atoms with Crippen LogP contribution in [0.15, 0.2) is 84.2 Å². The van der Waals surface area contributed by atoms with E-state index in [9.17, 15) is 18.8 Å². The van der Waals surface area contributed by atoms with Crippen molar-refractivity contribution < 1.29 is 18.8 Å². The number of nitrogens with zero attached hydrogens (tertiary/aromatic N) is 3. The number of nitrogens with one attached hydrogen (secondary N) is 3. The van der Waals surface area contributed by atoms with E-state index in [-0.39, 0.29) is 17.7 Å². The van der Waals surface area contributed by atoms with Crippen LogP contribution < -0.4 is 20.9 Å². The lowest BCUT2D eigenvalue weighted by Gasteiger charge is -2.32. The molecule has 3 N–H and O–H groups in total. The number of hydrogen-bond donors (Lipinski definition) is 3. The summed E-state index contributed by atoms with van der Waals surface area (Å²) >= 11 is 1.37. The van der Waals surface area contributed by atoms with Crippen molar-refractivity contribution in [2.24, 2.45) is 0 Å². The molecular formula is C35H35FN6O3S. The first kappa shape index (κ1) is 31.2. The molecule has 2 aliphatic rings. The van der Waals surface area contributed by atoms with Crippen LogP contribution in [0.4, 0.5) is 21.5 Å². The number of amides is 3. The molecule has 0 aliphatic carbocycles. The number of piperazine rings is 1. The minimum Gasteiger partial charge on any atom is -0.354 e. The van der Waals surface area contributed by atoms with Crippen molar-refractivity contribution in [3.8, 4) is 0 Å². The van der Waals surface area contributed by atoms with Gasteiger partial charge < -0.3 is 25.8 Å². The number of thiophene rings is 1. The Kier molecular flexibility index (Phi) is 9.25. The van der Waals surface area contributed by atoms with Gasteiger partial charge in [-0.1, -0.05) is 24.3 Å². The Morgan fingerprint density at radius 1 is 0.978 bits per heavy atom. The number of carbonyl (C=O) groups excluding carboxylic acids is 3. The molecule has 9 nitrogen and oxygen atoms in total. The number of carbonyl (C=O) groups is 3. The summed E-state index contributed by atoms with van der Waals surface area (Å²) in [6.45, 7) is 4.27. The highest BCUT2D eigenvalue weighted by Gasteiger charge is 2.29. The third-order valence-corrected chi connectivity index (χ3v) is 9.11. The van der Waals surface area contributed by atoms with Crippen LogP contribution in [-0.4, -0.2) is 74.3 Å². The Morgan fingerprint density at radius 3 is 2.50 bits per heavy atom. The van der Waals surface area contributed by atoms with E-state index in [0.717, 1.165) is 37.4 Å². The number of fused-ring (bicyclic) bond motifs is 1. The molecule has 46 heavy (non-hydrogen) atoms. The van der Waals surface area contributed by atoms with Crippen molar-refractivity contribution >= 4 is 57.4 Å². The molecule has 236 valence electrons. The zero-order valence-corrected chi connectivity index (χ0v) is 26.5. The summed E-state index contributed by atoms with van der Waals surface area (Å²) in [6, 6.07) is 22.8. The summed E-state index contributed by atoms with van der Waals surface area (Å²) in [4.78, 5) is 45.6. The van der Waals surface area contributed by atoms with E-state index in [4.69, 9.17) is 0 Å². The Balaban J connectivity index is 1.26. The molecule has 1 aromatic heterocycles. The Bertz CT molecular complexity index is 1780. The van der Waals surface area contributed by atoms with Gasteiger partial charge in [-0.25, -0.2) is 4.39 Å². The van der Waals surface area contributed by atoms with E-state index in [2.05, 4.69) is 32.8 Å². The van der Waals surface area contributed by atoms with Gasteiger partial charge in [0.15, 0.2) is 0 Å². The van der Waals surface area contributed by atoms with Crippen LogP contribution in [-0.2, 0) is 16.1 Å². The highest BCUT2D eigenvalue weighted by molar-refractivity contribution is 7.12. The molecule has 0 radical (unpaired) electrons. The highest BCUT2D eigenvalue weighted by atomic mass is 32.1. The van der Waals surface area contributed by atoms with Crippen LogP contribution in [0.3, 0.4) is 0 Å². The minimum absolute atomic E-state index is 0.0162. The number of halogens is 1. The first-order valence-corrected chi connectivity index (χ1v) is 15.9. The minimum atomic E-state index is -0.444. The predicted octanol–water partition coefficient (Wildman–Crippen LogP) is 4.96. The average molecular weight is 639 g/mol. The fourth-order valence-electron chi connectivity index (χ4n) is 5.55. The maximum Gasteiger partial charge on any atom is 0.261 e. The second kappa shape index (κ2) is 13.7. The van der Waals surface area contributed by atoms with E-state index >= 15 is 0 Å². The van der Waals surface area contributed by atoms with Gasteiger partial charge in [0.1, 0.15) is 5.82 Å². The van der Waals surface area contributed by atoms with E-state index < -0.39 is 5.82 Å². The summed E-state index contributed by atoms with van der Waals surface area (Å²) < 4.78 is 14.0. The summed E-state index contributed by atoms with van der Waals surface area (Å²) in [5, 5.41) is 11.0. The smallest absolute Gasteiger partial charge is 0.261 e. The van der Waals surface area contributed by atoms with Gasteiger partial charge in [0.2, 0.25) is 5.91 Å². The van der Waals surface area contributed by atoms with Crippen LogP contribution in [0.25, 0.3) is 11.3 Å². The quantitative estimate of drug-likeness (QED) is 0.225. The third kappa shape index (κ3) is 7.02. The Morgan fingerprint density at radius 2 is 1.76 bits per heavy atom. The van der Waals surface area contributed by atoms with E-state index in [0.29, 0.717) is 51.7 Å². The van der Waals surface area contributed by atoms with Gasteiger partial charge in [-0.15, -0.1) is 11.3 Å². The number of hydrogen-bond acceptors (Lipinski definition) is 7.